The van der Waals surface area contributed by atoms with E-state index in [1.54, 1.807) is 16.5 Å². The third-order valence-corrected chi connectivity index (χ3v) is 8.24. The largest absolute Gasteiger partial charge is 0.0622 e. The molecule has 2 aromatic carbocycles. The van der Waals surface area contributed by atoms with Crippen molar-refractivity contribution in [3.8, 4) is 0 Å². The summed E-state index contributed by atoms with van der Waals surface area (Å²) in [7, 11) is -0.368. The van der Waals surface area contributed by atoms with Crippen LogP contribution < -0.4 is 10.6 Å². The Morgan fingerprint density at radius 3 is 1.96 bits per heavy atom. The first-order valence-electron chi connectivity index (χ1n) is 8.74. The number of benzene rings is 2. The first-order chi connectivity index (χ1) is 11.4. The lowest BCUT2D eigenvalue weighted by molar-refractivity contribution is 0.644. The van der Waals surface area contributed by atoms with Crippen LogP contribution in [-0.4, -0.2) is 0 Å². The number of fused-ring (bicyclic) bond motifs is 4. The molecule has 23 heavy (non-hydrogen) atoms. The first-order valence-corrected chi connectivity index (χ1v) is 10.1. The van der Waals surface area contributed by atoms with Crippen LogP contribution in [0, 0.1) is 11.8 Å². The maximum Gasteiger partial charge on any atom is -0.00475 e. The Hall–Kier alpha value is -1.65. The molecule has 1 saturated carbocycles. The molecule has 0 aromatic heterocycles. The third kappa shape index (κ3) is 2.24. The van der Waals surface area contributed by atoms with E-state index in [2.05, 4.69) is 66.7 Å². The Bertz CT molecular complexity index is 746. The third-order valence-electron chi connectivity index (χ3n) is 5.75. The summed E-state index contributed by atoms with van der Waals surface area (Å²) < 4.78 is 0. The lowest BCUT2D eigenvalue weighted by Crippen LogP contribution is -2.13. The van der Waals surface area contributed by atoms with Crippen LogP contribution >= 0.6 is 7.92 Å². The molecule has 0 aliphatic heterocycles. The van der Waals surface area contributed by atoms with Crippen LogP contribution in [0.4, 0.5) is 0 Å². The molecule has 0 nitrogen and oxygen atoms in total. The van der Waals surface area contributed by atoms with E-state index in [1.165, 1.54) is 36.3 Å². The van der Waals surface area contributed by atoms with E-state index >= 15 is 0 Å². The van der Waals surface area contributed by atoms with E-state index in [0.717, 1.165) is 11.8 Å². The van der Waals surface area contributed by atoms with E-state index in [4.69, 9.17) is 0 Å². The number of allylic oxidation sites excluding steroid dienone is 4. The summed E-state index contributed by atoms with van der Waals surface area (Å²) in [6, 6.07) is 22.3. The highest BCUT2D eigenvalue weighted by Crippen LogP contribution is 2.59. The highest BCUT2D eigenvalue weighted by molar-refractivity contribution is 7.76. The molecule has 2 atom stereocenters. The molecule has 0 saturated heterocycles. The van der Waals surface area contributed by atoms with Crippen molar-refractivity contribution in [3.63, 3.8) is 0 Å². The minimum absolute atomic E-state index is 0.368. The topological polar surface area (TPSA) is 0 Å². The highest BCUT2D eigenvalue weighted by atomic mass is 31.1. The van der Waals surface area contributed by atoms with Gasteiger partial charge in [0.15, 0.2) is 0 Å². The van der Waals surface area contributed by atoms with Gasteiger partial charge in [0.05, 0.1) is 0 Å². The van der Waals surface area contributed by atoms with Gasteiger partial charge < -0.3 is 0 Å². The molecule has 2 unspecified atom stereocenters. The van der Waals surface area contributed by atoms with Crippen LogP contribution in [0.1, 0.15) is 25.7 Å². The molecule has 0 N–H and O–H groups in total. The van der Waals surface area contributed by atoms with Gasteiger partial charge in [-0.2, -0.15) is 0 Å². The second kappa shape index (κ2) is 5.46. The minimum Gasteiger partial charge on any atom is -0.0622 e. The fourth-order valence-electron chi connectivity index (χ4n) is 4.74. The summed E-state index contributed by atoms with van der Waals surface area (Å²) in [6.07, 6.45) is 8.17. The van der Waals surface area contributed by atoms with Crippen LogP contribution in [0.25, 0.3) is 0 Å². The van der Waals surface area contributed by atoms with Crippen molar-refractivity contribution in [1.82, 2.24) is 0 Å². The quantitative estimate of drug-likeness (QED) is 0.688. The number of hydrogen-bond acceptors (Lipinski definition) is 0. The van der Waals surface area contributed by atoms with Crippen LogP contribution in [0.3, 0.4) is 0 Å². The van der Waals surface area contributed by atoms with Gasteiger partial charge in [-0.25, -0.2) is 0 Å². The van der Waals surface area contributed by atoms with E-state index in [-0.39, 0.29) is 7.92 Å². The molecular weight excluding hydrogens is 295 g/mol. The second-order valence-corrected chi connectivity index (χ2v) is 9.28. The van der Waals surface area contributed by atoms with Gasteiger partial charge in [0.1, 0.15) is 0 Å². The molecule has 3 aliphatic carbocycles. The Morgan fingerprint density at radius 1 is 0.739 bits per heavy atom. The van der Waals surface area contributed by atoms with Gasteiger partial charge in [0.2, 0.25) is 0 Å². The molecule has 1 fully saturated rings. The summed E-state index contributed by atoms with van der Waals surface area (Å²) in [5.74, 6) is 1.79. The average Bonchev–Trinajstić information content (AvgIpc) is 3.30. The van der Waals surface area contributed by atoms with Crippen molar-refractivity contribution in [2.45, 2.75) is 25.7 Å². The van der Waals surface area contributed by atoms with E-state index in [9.17, 15) is 0 Å². The zero-order chi connectivity index (χ0) is 15.2. The Morgan fingerprint density at radius 2 is 1.35 bits per heavy atom. The zero-order valence-electron chi connectivity index (χ0n) is 13.3. The maximum atomic E-state index is 2.60. The molecule has 2 bridgehead atoms. The molecular formula is C22H21P. The Balaban J connectivity index is 1.56. The normalized spacial score (nSPS) is 25.2. The van der Waals surface area contributed by atoms with Crippen molar-refractivity contribution in [3.05, 3.63) is 83.2 Å². The van der Waals surface area contributed by atoms with Gasteiger partial charge >= 0.3 is 0 Å². The first kappa shape index (κ1) is 13.8. The minimum atomic E-state index is -0.368. The zero-order valence-corrected chi connectivity index (χ0v) is 14.2. The molecule has 2 aromatic rings. The van der Waals surface area contributed by atoms with Crippen molar-refractivity contribution in [1.29, 1.82) is 0 Å². The van der Waals surface area contributed by atoms with Crippen LogP contribution in [0.2, 0.25) is 0 Å². The van der Waals surface area contributed by atoms with E-state index < -0.39 is 0 Å². The summed E-state index contributed by atoms with van der Waals surface area (Å²) in [4.78, 5) is 0. The fraction of sp³-hybridized carbons (Fsp3) is 0.273. The molecule has 1 heteroatoms. The monoisotopic (exact) mass is 316 g/mol. The molecule has 0 spiro atoms. The highest BCUT2D eigenvalue weighted by Gasteiger charge is 2.41. The van der Waals surface area contributed by atoms with Crippen LogP contribution in [0.15, 0.2) is 83.2 Å². The Kier molecular flexibility index (Phi) is 3.27. The average molecular weight is 316 g/mol. The molecule has 0 amide bonds. The van der Waals surface area contributed by atoms with Gasteiger partial charge in [0, 0.05) is 0 Å². The van der Waals surface area contributed by atoms with E-state index in [1.807, 2.05) is 0 Å². The van der Waals surface area contributed by atoms with Crippen LogP contribution in [0.5, 0.6) is 0 Å². The lowest BCUT2D eigenvalue weighted by Gasteiger charge is -2.22. The lowest BCUT2D eigenvalue weighted by atomic mass is 9.94. The van der Waals surface area contributed by atoms with Gasteiger partial charge in [0.25, 0.3) is 0 Å². The molecule has 0 heterocycles. The standard InChI is InChI=1S/C22H21P/c1-3-7-18(8-4-1)23(19-9-5-2-6-10-19)20-14-21-16-11-12-17(13-16)22(21)15-20/h1-10,14,16-17H,11-13,15H2. The molecule has 5 rings (SSSR count). The van der Waals surface area contributed by atoms with Gasteiger partial charge in [-0.3, -0.25) is 0 Å². The SMILES string of the molecule is C1=C(P(c2ccccc2)c2ccccc2)CC2=C1C1CCC2C1. The molecule has 0 radical (unpaired) electrons. The van der Waals surface area contributed by atoms with Gasteiger partial charge in [-0.05, 0) is 66.9 Å². The van der Waals surface area contributed by atoms with Crippen molar-refractivity contribution in [2.75, 3.05) is 0 Å². The second-order valence-electron chi connectivity index (χ2n) is 7.01. The summed E-state index contributed by atoms with van der Waals surface area (Å²) in [6.45, 7) is 0. The Labute approximate surface area is 139 Å². The van der Waals surface area contributed by atoms with Gasteiger partial charge in [-0.1, -0.05) is 72.3 Å². The fourth-order valence-corrected chi connectivity index (χ4v) is 7.24. The molecule has 114 valence electrons. The summed E-state index contributed by atoms with van der Waals surface area (Å²) in [5.41, 5.74) is 3.53. The van der Waals surface area contributed by atoms with E-state index in [0.29, 0.717) is 0 Å². The number of hydrogen-bond donors (Lipinski definition) is 0. The van der Waals surface area contributed by atoms with Crippen LogP contribution in [-0.2, 0) is 0 Å². The predicted molar refractivity (Wildman–Crippen MR) is 99.6 cm³/mol. The van der Waals surface area contributed by atoms with Gasteiger partial charge in [-0.15, -0.1) is 0 Å². The number of rotatable bonds is 3. The van der Waals surface area contributed by atoms with Crippen molar-refractivity contribution >= 4 is 18.5 Å². The molecule has 3 aliphatic rings. The summed E-state index contributed by atoms with van der Waals surface area (Å²) >= 11 is 0. The maximum absolute atomic E-state index is 2.60. The summed E-state index contributed by atoms with van der Waals surface area (Å²) in [5, 5.41) is 4.67. The van der Waals surface area contributed by atoms with Crippen molar-refractivity contribution in [2.24, 2.45) is 11.8 Å². The predicted octanol–water partition coefficient (Wildman–Crippen LogP) is 5.13. The smallest absolute Gasteiger partial charge is 0.00475 e. The van der Waals surface area contributed by atoms with Crippen molar-refractivity contribution < 1.29 is 0 Å².